The normalized spacial score (nSPS) is 11.1. The van der Waals surface area contributed by atoms with Crippen LogP contribution in [0.25, 0.3) is 10.9 Å². The summed E-state index contributed by atoms with van der Waals surface area (Å²) < 4.78 is 2.23. The van der Waals surface area contributed by atoms with Crippen molar-refractivity contribution in [2.45, 2.75) is 13.0 Å². The van der Waals surface area contributed by atoms with Gasteiger partial charge in [0.2, 0.25) is 0 Å². The first-order valence-corrected chi connectivity index (χ1v) is 6.86. The van der Waals surface area contributed by atoms with E-state index in [1.807, 2.05) is 23.5 Å². The second-order valence-corrected chi connectivity index (χ2v) is 5.46. The highest BCUT2D eigenvalue weighted by Crippen LogP contribution is 2.24. The summed E-state index contributed by atoms with van der Waals surface area (Å²) in [6.45, 7) is 0.980. The average molecular weight is 262 g/mol. The fourth-order valence-electron chi connectivity index (χ4n) is 2.09. The maximum atomic E-state index is 6.25. The first-order valence-electron chi connectivity index (χ1n) is 5.60. The molecule has 0 aliphatic carbocycles. The van der Waals surface area contributed by atoms with Crippen LogP contribution in [0.2, 0.25) is 5.02 Å². The molecule has 0 bridgehead atoms. The Morgan fingerprint density at radius 3 is 2.88 bits per heavy atom. The second kappa shape index (κ2) is 4.55. The molecule has 2 heterocycles. The van der Waals surface area contributed by atoms with Gasteiger partial charge in [0.1, 0.15) is 0 Å². The molecule has 0 fully saturated rings. The molecule has 0 aliphatic rings. The van der Waals surface area contributed by atoms with Crippen LogP contribution in [0, 0.1) is 0 Å². The van der Waals surface area contributed by atoms with Crippen LogP contribution in [0.15, 0.2) is 48.0 Å². The van der Waals surface area contributed by atoms with Gasteiger partial charge in [0.25, 0.3) is 0 Å². The van der Waals surface area contributed by atoms with Crippen molar-refractivity contribution in [3.05, 3.63) is 57.9 Å². The zero-order chi connectivity index (χ0) is 11.7. The van der Waals surface area contributed by atoms with Crippen molar-refractivity contribution >= 4 is 33.8 Å². The number of halogens is 1. The molecule has 86 valence electrons. The summed E-state index contributed by atoms with van der Waals surface area (Å²) in [6.07, 6.45) is 3.18. The van der Waals surface area contributed by atoms with Crippen molar-refractivity contribution in [1.29, 1.82) is 0 Å². The van der Waals surface area contributed by atoms with Crippen LogP contribution < -0.4 is 0 Å². The lowest BCUT2D eigenvalue weighted by atomic mass is 10.2. The highest BCUT2D eigenvalue weighted by Gasteiger charge is 2.04. The molecular formula is C14H12ClNS. The molecule has 0 saturated heterocycles. The molecule has 3 rings (SSSR count). The zero-order valence-electron chi connectivity index (χ0n) is 9.27. The number of hydrogen-bond donors (Lipinski definition) is 0. The van der Waals surface area contributed by atoms with Gasteiger partial charge in [-0.1, -0.05) is 29.8 Å². The monoisotopic (exact) mass is 261 g/mol. The van der Waals surface area contributed by atoms with Gasteiger partial charge in [-0.3, -0.25) is 0 Å². The molecule has 0 aliphatic heterocycles. The van der Waals surface area contributed by atoms with Gasteiger partial charge in [-0.05, 0) is 30.0 Å². The van der Waals surface area contributed by atoms with Crippen molar-refractivity contribution in [2.24, 2.45) is 0 Å². The van der Waals surface area contributed by atoms with Crippen molar-refractivity contribution < 1.29 is 0 Å². The van der Waals surface area contributed by atoms with Crippen LogP contribution in [0.5, 0.6) is 0 Å². The van der Waals surface area contributed by atoms with Crippen LogP contribution in [-0.2, 0) is 13.0 Å². The number of thiophene rings is 1. The van der Waals surface area contributed by atoms with E-state index in [9.17, 15) is 0 Å². The highest BCUT2D eigenvalue weighted by molar-refractivity contribution is 7.09. The van der Waals surface area contributed by atoms with E-state index >= 15 is 0 Å². The predicted octanol–water partition coefficient (Wildman–Crippen LogP) is 4.60. The van der Waals surface area contributed by atoms with E-state index in [-0.39, 0.29) is 0 Å². The molecule has 1 nitrogen and oxygen atoms in total. The Labute approximate surface area is 109 Å². The summed E-state index contributed by atoms with van der Waals surface area (Å²) >= 11 is 8.05. The van der Waals surface area contributed by atoms with E-state index in [2.05, 4.69) is 40.4 Å². The molecule has 0 amide bonds. The number of fused-ring (bicyclic) bond motifs is 1. The summed E-state index contributed by atoms with van der Waals surface area (Å²) in [4.78, 5) is 1.42. The minimum Gasteiger partial charge on any atom is -0.346 e. The molecule has 3 heteroatoms. The van der Waals surface area contributed by atoms with Gasteiger partial charge in [-0.15, -0.1) is 11.3 Å². The summed E-state index contributed by atoms with van der Waals surface area (Å²) in [5.41, 5.74) is 1.14. The van der Waals surface area contributed by atoms with Gasteiger partial charge < -0.3 is 4.57 Å². The summed E-state index contributed by atoms with van der Waals surface area (Å²) in [5.74, 6) is 0. The fourth-order valence-corrected chi connectivity index (χ4v) is 3.07. The molecule has 1 aromatic carbocycles. The molecule has 0 saturated carbocycles. The third-order valence-electron chi connectivity index (χ3n) is 2.92. The van der Waals surface area contributed by atoms with E-state index < -0.39 is 0 Å². The van der Waals surface area contributed by atoms with Gasteiger partial charge in [0.05, 0.1) is 10.5 Å². The van der Waals surface area contributed by atoms with E-state index in [0.717, 1.165) is 23.5 Å². The molecular weight excluding hydrogens is 250 g/mol. The van der Waals surface area contributed by atoms with Crippen molar-refractivity contribution in [3.63, 3.8) is 0 Å². The van der Waals surface area contributed by atoms with Gasteiger partial charge in [0, 0.05) is 23.0 Å². The number of aryl methyl sites for hydroxylation is 2. The Bertz CT molecular complexity index is 625. The zero-order valence-corrected chi connectivity index (χ0v) is 10.8. The maximum Gasteiger partial charge on any atom is 0.0669 e. The molecule has 3 aromatic rings. The van der Waals surface area contributed by atoms with E-state index in [1.165, 1.54) is 10.3 Å². The fraction of sp³-hybridized carbons (Fsp3) is 0.143. The first kappa shape index (κ1) is 10.9. The molecule has 0 atom stereocenters. The number of rotatable bonds is 3. The van der Waals surface area contributed by atoms with Crippen molar-refractivity contribution in [1.82, 2.24) is 4.57 Å². The van der Waals surface area contributed by atoms with Crippen LogP contribution in [0.4, 0.5) is 0 Å². The van der Waals surface area contributed by atoms with Crippen molar-refractivity contribution in [3.8, 4) is 0 Å². The maximum absolute atomic E-state index is 6.25. The van der Waals surface area contributed by atoms with Crippen molar-refractivity contribution in [2.75, 3.05) is 0 Å². The third-order valence-corrected chi connectivity index (χ3v) is 4.16. The quantitative estimate of drug-likeness (QED) is 0.649. The predicted molar refractivity (Wildman–Crippen MR) is 75.0 cm³/mol. The standard InChI is InChI=1S/C14H12ClNS/c15-13-5-1-3-11-6-8-16(14(11)13)9-7-12-4-2-10-17-12/h1-6,8,10H,7,9H2. The lowest BCUT2D eigenvalue weighted by Gasteiger charge is -2.05. The van der Waals surface area contributed by atoms with Crippen LogP contribution in [-0.4, -0.2) is 4.57 Å². The molecule has 0 N–H and O–H groups in total. The smallest absolute Gasteiger partial charge is 0.0669 e. The van der Waals surface area contributed by atoms with Gasteiger partial charge in [-0.2, -0.15) is 0 Å². The van der Waals surface area contributed by atoms with Crippen LogP contribution >= 0.6 is 22.9 Å². The SMILES string of the molecule is Clc1cccc2ccn(CCc3cccs3)c12. The number of hydrogen-bond acceptors (Lipinski definition) is 1. The summed E-state index contributed by atoms with van der Waals surface area (Å²) in [7, 11) is 0. The molecule has 2 aromatic heterocycles. The summed E-state index contributed by atoms with van der Waals surface area (Å²) in [6, 6.07) is 12.4. The Morgan fingerprint density at radius 1 is 1.12 bits per heavy atom. The Balaban J connectivity index is 1.90. The number of para-hydroxylation sites is 1. The van der Waals surface area contributed by atoms with Gasteiger partial charge >= 0.3 is 0 Å². The van der Waals surface area contributed by atoms with E-state index in [4.69, 9.17) is 11.6 Å². The lowest BCUT2D eigenvalue weighted by Crippen LogP contribution is -1.98. The number of nitrogens with zero attached hydrogens (tertiary/aromatic N) is 1. The molecule has 0 spiro atoms. The minimum absolute atomic E-state index is 0.832. The lowest BCUT2D eigenvalue weighted by molar-refractivity contribution is 0.730. The Hall–Kier alpha value is -1.25. The Morgan fingerprint density at radius 2 is 2.06 bits per heavy atom. The largest absolute Gasteiger partial charge is 0.346 e. The first-order chi connectivity index (χ1) is 8.34. The van der Waals surface area contributed by atoms with Crippen LogP contribution in [0.3, 0.4) is 0 Å². The topological polar surface area (TPSA) is 4.93 Å². The van der Waals surface area contributed by atoms with E-state index in [0.29, 0.717) is 0 Å². The van der Waals surface area contributed by atoms with Gasteiger partial charge in [-0.25, -0.2) is 0 Å². The number of aromatic nitrogens is 1. The third kappa shape index (κ3) is 2.11. The minimum atomic E-state index is 0.832. The van der Waals surface area contributed by atoms with E-state index in [1.54, 1.807) is 0 Å². The average Bonchev–Trinajstić information content (AvgIpc) is 2.95. The molecule has 0 radical (unpaired) electrons. The second-order valence-electron chi connectivity index (χ2n) is 4.02. The molecule has 0 unspecified atom stereocenters. The van der Waals surface area contributed by atoms with Crippen LogP contribution in [0.1, 0.15) is 4.88 Å². The molecule has 17 heavy (non-hydrogen) atoms. The number of benzene rings is 1. The Kier molecular flexibility index (Phi) is 2.91. The summed E-state index contributed by atoms with van der Waals surface area (Å²) in [5, 5.41) is 4.16. The highest BCUT2D eigenvalue weighted by atomic mass is 35.5. The van der Waals surface area contributed by atoms with Gasteiger partial charge in [0.15, 0.2) is 0 Å².